The van der Waals surface area contributed by atoms with Gasteiger partial charge in [-0.3, -0.25) is 0 Å². The standard InChI is InChI=1S/C15H20N2O2S2/c1-2-15(7-8-15)10-17-21(18,19)14-11-5-3-4-6-12(11)20-13(14)9-16/h3-6,17H,2,7-10,16H2,1H3. The van der Waals surface area contributed by atoms with Crippen molar-refractivity contribution >= 4 is 31.4 Å². The molecule has 3 N–H and O–H groups in total. The van der Waals surface area contributed by atoms with Gasteiger partial charge < -0.3 is 5.73 Å². The van der Waals surface area contributed by atoms with E-state index in [1.54, 1.807) is 0 Å². The first-order valence-electron chi connectivity index (χ1n) is 7.21. The highest BCUT2D eigenvalue weighted by molar-refractivity contribution is 7.90. The lowest BCUT2D eigenvalue weighted by atomic mass is 10.1. The van der Waals surface area contributed by atoms with E-state index in [-0.39, 0.29) is 12.0 Å². The lowest BCUT2D eigenvalue weighted by molar-refractivity contribution is 0.476. The molecule has 3 rings (SSSR count). The van der Waals surface area contributed by atoms with Gasteiger partial charge in [0.1, 0.15) is 4.90 Å². The Hall–Kier alpha value is -0.950. The molecule has 1 aromatic carbocycles. The highest BCUT2D eigenvalue weighted by atomic mass is 32.2. The zero-order valence-corrected chi connectivity index (χ0v) is 13.7. The van der Waals surface area contributed by atoms with E-state index < -0.39 is 10.0 Å². The van der Waals surface area contributed by atoms with Crippen molar-refractivity contribution in [1.29, 1.82) is 0 Å². The monoisotopic (exact) mass is 324 g/mol. The second-order valence-corrected chi connectivity index (χ2v) is 8.57. The topological polar surface area (TPSA) is 72.2 Å². The average molecular weight is 324 g/mol. The van der Waals surface area contributed by atoms with Crippen molar-refractivity contribution in [3.8, 4) is 0 Å². The molecule has 6 heteroatoms. The van der Waals surface area contributed by atoms with Crippen LogP contribution >= 0.6 is 11.3 Å². The van der Waals surface area contributed by atoms with Crippen LogP contribution in [0.15, 0.2) is 29.2 Å². The van der Waals surface area contributed by atoms with Gasteiger partial charge in [0.2, 0.25) is 10.0 Å². The number of fused-ring (bicyclic) bond motifs is 1. The minimum Gasteiger partial charge on any atom is -0.326 e. The number of nitrogens with one attached hydrogen (secondary N) is 1. The number of nitrogens with two attached hydrogens (primary N) is 1. The molecule has 21 heavy (non-hydrogen) atoms. The third kappa shape index (κ3) is 2.73. The van der Waals surface area contributed by atoms with Crippen molar-refractivity contribution in [2.45, 2.75) is 37.6 Å². The molecule has 0 unspecified atom stereocenters. The first kappa shape index (κ1) is 15.0. The zero-order chi connectivity index (χ0) is 15.1. The first-order chi connectivity index (χ1) is 10.0. The highest BCUT2D eigenvalue weighted by Crippen LogP contribution is 2.48. The normalized spacial score (nSPS) is 17.2. The Morgan fingerprint density at radius 2 is 2.05 bits per heavy atom. The lowest BCUT2D eigenvalue weighted by Crippen LogP contribution is -2.30. The maximum absolute atomic E-state index is 12.7. The number of benzene rings is 1. The van der Waals surface area contributed by atoms with Crippen LogP contribution in [-0.2, 0) is 16.6 Å². The fourth-order valence-corrected chi connectivity index (χ4v) is 5.64. The summed E-state index contributed by atoms with van der Waals surface area (Å²) in [4.78, 5) is 1.10. The van der Waals surface area contributed by atoms with Crippen LogP contribution in [0, 0.1) is 5.41 Å². The van der Waals surface area contributed by atoms with Gasteiger partial charge in [-0.15, -0.1) is 11.3 Å². The van der Waals surface area contributed by atoms with Crippen molar-refractivity contribution in [1.82, 2.24) is 4.72 Å². The van der Waals surface area contributed by atoms with Crippen LogP contribution < -0.4 is 10.5 Å². The van der Waals surface area contributed by atoms with Crippen LogP contribution in [0.4, 0.5) is 0 Å². The SMILES string of the molecule is CCC1(CNS(=O)(=O)c2c(CN)sc3ccccc23)CC1. The van der Waals surface area contributed by atoms with Gasteiger partial charge in [-0.2, -0.15) is 0 Å². The Balaban J connectivity index is 1.98. The van der Waals surface area contributed by atoms with Crippen LogP contribution in [0.1, 0.15) is 31.1 Å². The Bertz CT molecular complexity index is 761. The summed E-state index contributed by atoms with van der Waals surface area (Å²) in [5.74, 6) is 0. The van der Waals surface area contributed by atoms with Crippen LogP contribution in [0.2, 0.25) is 0 Å². The van der Waals surface area contributed by atoms with Gasteiger partial charge in [0.05, 0.1) is 0 Å². The van der Waals surface area contributed by atoms with Crippen LogP contribution in [0.3, 0.4) is 0 Å². The second kappa shape index (κ2) is 5.35. The van der Waals surface area contributed by atoms with E-state index in [1.165, 1.54) is 11.3 Å². The Morgan fingerprint density at radius 1 is 1.33 bits per heavy atom. The van der Waals surface area contributed by atoms with Gasteiger partial charge in [0.15, 0.2) is 0 Å². The predicted molar refractivity (Wildman–Crippen MR) is 86.9 cm³/mol. The third-order valence-electron chi connectivity index (χ3n) is 4.42. The summed E-state index contributed by atoms with van der Waals surface area (Å²) >= 11 is 1.46. The summed E-state index contributed by atoms with van der Waals surface area (Å²) in [6.45, 7) is 2.89. The molecule has 0 spiro atoms. The molecule has 1 saturated carbocycles. The molecule has 2 aromatic rings. The first-order valence-corrected chi connectivity index (χ1v) is 9.51. The summed E-state index contributed by atoms with van der Waals surface area (Å²) in [6.07, 6.45) is 3.24. The number of hydrogen-bond donors (Lipinski definition) is 2. The molecule has 0 bridgehead atoms. The van der Waals surface area contributed by atoms with E-state index in [4.69, 9.17) is 5.73 Å². The number of rotatable bonds is 6. The number of sulfonamides is 1. The average Bonchev–Trinajstić information content (AvgIpc) is 3.17. The van der Waals surface area contributed by atoms with Crippen molar-refractivity contribution in [3.05, 3.63) is 29.1 Å². The van der Waals surface area contributed by atoms with Gasteiger partial charge >= 0.3 is 0 Å². The summed E-state index contributed by atoms with van der Waals surface area (Å²) in [6, 6.07) is 7.57. The van der Waals surface area contributed by atoms with Crippen LogP contribution in [0.5, 0.6) is 0 Å². The molecular formula is C15H20N2O2S2. The van der Waals surface area contributed by atoms with Crippen molar-refractivity contribution in [3.63, 3.8) is 0 Å². The molecule has 1 fully saturated rings. The van der Waals surface area contributed by atoms with Gasteiger partial charge in [-0.05, 0) is 30.7 Å². The molecule has 0 atom stereocenters. The molecule has 0 radical (unpaired) electrons. The maximum Gasteiger partial charge on any atom is 0.242 e. The molecule has 1 aromatic heterocycles. The summed E-state index contributed by atoms with van der Waals surface area (Å²) in [7, 11) is -3.51. The van der Waals surface area contributed by atoms with E-state index in [0.717, 1.165) is 34.2 Å². The maximum atomic E-state index is 12.7. The highest BCUT2D eigenvalue weighted by Gasteiger charge is 2.41. The fourth-order valence-electron chi connectivity index (χ4n) is 2.65. The predicted octanol–water partition coefficient (Wildman–Crippen LogP) is 2.83. The minimum absolute atomic E-state index is 0.182. The fraction of sp³-hybridized carbons (Fsp3) is 0.467. The van der Waals surface area contributed by atoms with Crippen LogP contribution in [-0.4, -0.2) is 15.0 Å². The third-order valence-corrected chi connectivity index (χ3v) is 7.27. The summed E-state index contributed by atoms with van der Waals surface area (Å²) in [5.41, 5.74) is 5.93. The molecule has 1 aliphatic carbocycles. The number of thiophene rings is 1. The van der Waals surface area contributed by atoms with Crippen molar-refractivity contribution in [2.75, 3.05) is 6.54 Å². The van der Waals surface area contributed by atoms with Gasteiger partial charge in [-0.25, -0.2) is 13.1 Å². The van der Waals surface area contributed by atoms with E-state index in [1.807, 2.05) is 24.3 Å². The second-order valence-electron chi connectivity index (χ2n) is 5.73. The van der Waals surface area contributed by atoms with Gasteiger partial charge in [-0.1, -0.05) is 25.1 Å². The molecule has 0 amide bonds. The van der Waals surface area contributed by atoms with Crippen LogP contribution in [0.25, 0.3) is 10.1 Å². The van der Waals surface area contributed by atoms with Gasteiger partial charge in [0.25, 0.3) is 0 Å². The minimum atomic E-state index is -3.51. The largest absolute Gasteiger partial charge is 0.326 e. The van der Waals surface area contributed by atoms with E-state index >= 15 is 0 Å². The molecule has 4 nitrogen and oxygen atoms in total. The van der Waals surface area contributed by atoms with Crippen molar-refractivity contribution < 1.29 is 8.42 Å². The lowest BCUT2D eigenvalue weighted by Gasteiger charge is -2.14. The van der Waals surface area contributed by atoms with E-state index in [0.29, 0.717) is 11.4 Å². The zero-order valence-electron chi connectivity index (χ0n) is 12.1. The van der Waals surface area contributed by atoms with E-state index in [2.05, 4.69) is 11.6 Å². The Labute approximate surface area is 129 Å². The molecule has 0 saturated heterocycles. The van der Waals surface area contributed by atoms with E-state index in [9.17, 15) is 8.42 Å². The molecule has 1 heterocycles. The number of hydrogen-bond acceptors (Lipinski definition) is 4. The van der Waals surface area contributed by atoms with Crippen molar-refractivity contribution in [2.24, 2.45) is 11.1 Å². The molecular weight excluding hydrogens is 304 g/mol. The molecule has 114 valence electrons. The Kier molecular flexibility index (Phi) is 3.81. The Morgan fingerprint density at radius 3 is 2.67 bits per heavy atom. The molecule has 1 aliphatic rings. The quantitative estimate of drug-likeness (QED) is 0.858. The molecule has 0 aliphatic heterocycles. The smallest absolute Gasteiger partial charge is 0.242 e. The van der Waals surface area contributed by atoms with Gasteiger partial charge in [0, 0.05) is 28.1 Å². The summed E-state index contributed by atoms with van der Waals surface area (Å²) < 4.78 is 29.2. The summed E-state index contributed by atoms with van der Waals surface area (Å²) in [5, 5.41) is 0.775.